The van der Waals surface area contributed by atoms with E-state index in [0.29, 0.717) is 23.7 Å². The third kappa shape index (κ3) is 2.67. The summed E-state index contributed by atoms with van der Waals surface area (Å²) >= 11 is 0. The highest BCUT2D eigenvalue weighted by Crippen LogP contribution is 2.32. The molecule has 3 aromatic rings. The number of nitrogens with zero attached hydrogens (tertiary/aromatic N) is 6. The number of carbonyl (C=O) groups excluding carboxylic acids is 1. The minimum absolute atomic E-state index is 0.0693. The Balaban J connectivity index is 1.56. The van der Waals surface area contributed by atoms with Crippen LogP contribution in [-0.2, 0) is 11.8 Å². The van der Waals surface area contributed by atoms with Gasteiger partial charge in [-0.05, 0) is 12.1 Å². The Morgan fingerprint density at radius 1 is 1.36 bits per heavy atom. The van der Waals surface area contributed by atoms with Gasteiger partial charge in [0.15, 0.2) is 5.65 Å². The zero-order chi connectivity index (χ0) is 17.4. The first-order chi connectivity index (χ1) is 12.1. The van der Waals surface area contributed by atoms with Crippen molar-refractivity contribution in [3.05, 3.63) is 37.1 Å². The molecule has 4 rings (SSSR count). The summed E-state index contributed by atoms with van der Waals surface area (Å²) in [6.45, 7) is 0.318. The number of amides is 1. The normalized spacial score (nSPS) is 20.2. The molecule has 1 unspecified atom stereocenters. The summed E-state index contributed by atoms with van der Waals surface area (Å²) in [4.78, 5) is 26.5. The predicted octanol–water partition coefficient (Wildman–Crippen LogP) is 1.32. The standard InChI is InChI=1S/C16H16FN7O/c1-23-13-12(8-21-23)14(20-10-19-13)24-6-4-16(17,9-24)15(25)22-11-3-2-5-18-7-11/h2-3,5,7-8,10H,4,6,9H2,1H3,(H,22,25). The number of anilines is 2. The van der Waals surface area contributed by atoms with Gasteiger partial charge in [-0.2, -0.15) is 5.10 Å². The van der Waals surface area contributed by atoms with E-state index in [4.69, 9.17) is 0 Å². The van der Waals surface area contributed by atoms with Gasteiger partial charge in [0.05, 0.1) is 30.0 Å². The van der Waals surface area contributed by atoms with Crippen molar-refractivity contribution < 1.29 is 9.18 Å². The van der Waals surface area contributed by atoms with E-state index in [9.17, 15) is 4.79 Å². The molecule has 8 nitrogen and oxygen atoms in total. The molecule has 0 radical (unpaired) electrons. The zero-order valence-corrected chi connectivity index (χ0v) is 13.6. The number of aromatic nitrogens is 5. The largest absolute Gasteiger partial charge is 0.352 e. The summed E-state index contributed by atoms with van der Waals surface area (Å²) in [7, 11) is 1.78. The van der Waals surface area contributed by atoms with Gasteiger partial charge >= 0.3 is 0 Å². The van der Waals surface area contributed by atoms with Crippen LogP contribution < -0.4 is 10.2 Å². The Bertz CT molecular complexity index is 929. The first-order valence-electron chi connectivity index (χ1n) is 7.85. The van der Waals surface area contributed by atoms with Crippen LogP contribution in [0.4, 0.5) is 15.9 Å². The van der Waals surface area contributed by atoms with Crippen molar-refractivity contribution in [1.29, 1.82) is 0 Å². The summed E-state index contributed by atoms with van der Waals surface area (Å²) in [5, 5.41) is 7.49. The number of nitrogens with one attached hydrogen (secondary N) is 1. The molecule has 0 aromatic carbocycles. The Kier molecular flexibility index (Phi) is 3.56. The van der Waals surface area contributed by atoms with E-state index in [1.807, 2.05) is 0 Å². The number of pyridine rings is 1. The van der Waals surface area contributed by atoms with Gasteiger partial charge in [0, 0.05) is 26.2 Å². The summed E-state index contributed by atoms with van der Waals surface area (Å²) in [6, 6.07) is 3.35. The van der Waals surface area contributed by atoms with Gasteiger partial charge < -0.3 is 10.2 Å². The molecule has 0 aliphatic carbocycles. The fourth-order valence-electron chi connectivity index (χ4n) is 3.02. The smallest absolute Gasteiger partial charge is 0.264 e. The number of alkyl halides is 1. The van der Waals surface area contributed by atoms with Crippen LogP contribution >= 0.6 is 0 Å². The molecule has 1 saturated heterocycles. The lowest BCUT2D eigenvalue weighted by molar-refractivity contribution is -0.126. The Hall–Kier alpha value is -3.10. The minimum atomic E-state index is -1.99. The second-order valence-electron chi connectivity index (χ2n) is 6.04. The molecule has 25 heavy (non-hydrogen) atoms. The number of aryl methyl sites for hydroxylation is 1. The second-order valence-corrected chi connectivity index (χ2v) is 6.04. The van der Waals surface area contributed by atoms with Gasteiger partial charge in [0.1, 0.15) is 12.1 Å². The summed E-state index contributed by atoms with van der Waals surface area (Å²) in [6.07, 6.45) is 6.24. The van der Waals surface area contributed by atoms with E-state index in [2.05, 4.69) is 25.4 Å². The number of hydrogen-bond acceptors (Lipinski definition) is 6. The van der Waals surface area contributed by atoms with Crippen molar-refractivity contribution >= 4 is 28.4 Å². The molecule has 0 saturated carbocycles. The van der Waals surface area contributed by atoms with Crippen molar-refractivity contribution in [3.8, 4) is 0 Å². The van der Waals surface area contributed by atoms with Gasteiger partial charge in [-0.1, -0.05) is 0 Å². The number of halogens is 1. The number of rotatable bonds is 3. The van der Waals surface area contributed by atoms with Crippen LogP contribution in [0.25, 0.3) is 11.0 Å². The first kappa shape index (κ1) is 15.4. The molecule has 1 amide bonds. The van der Waals surface area contributed by atoms with Gasteiger partial charge in [0.25, 0.3) is 5.91 Å². The van der Waals surface area contributed by atoms with Crippen molar-refractivity contribution in [2.75, 3.05) is 23.3 Å². The molecule has 4 heterocycles. The predicted molar refractivity (Wildman–Crippen MR) is 89.8 cm³/mol. The van der Waals surface area contributed by atoms with Crippen LogP contribution in [0.2, 0.25) is 0 Å². The molecule has 1 aliphatic heterocycles. The summed E-state index contributed by atoms with van der Waals surface area (Å²) in [5.41, 5.74) is -0.851. The van der Waals surface area contributed by atoms with Gasteiger partial charge in [-0.3, -0.25) is 14.5 Å². The maximum Gasteiger partial charge on any atom is 0.264 e. The molecular weight excluding hydrogens is 325 g/mol. The molecule has 0 bridgehead atoms. The highest BCUT2D eigenvalue weighted by atomic mass is 19.1. The topological polar surface area (TPSA) is 88.8 Å². The minimum Gasteiger partial charge on any atom is -0.352 e. The highest BCUT2D eigenvalue weighted by molar-refractivity contribution is 5.98. The van der Waals surface area contributed by atoms with E-state index in [-0.39, 0.29) is 13.0 Å². The third-order valence-corrected chi connectivity index (χ3v) is 4.35. The maximum atomic E-state index is 15.2. The summed E-state index contributed by atoms with van der Waals surface area (Å²) in [5.74, 6) is -0.0775. The molecule has 1 N–H and O–H groups in total. The first-order valence-corrected chi connectivity index (χ1v) is 7.85. The van der Waals surface area contributed by atoms with E-state index in [1.54, 1.807) is 41.2 Å². The number of fused-ring (bicyclic) bond motifs is 1. The molecular formula is C16H16FN7O. The number of hydrogen-bond donors (Lipinski definition) is 1. The van der Waals surface area contributed by atoms with Crippen LogP contribution in [0.3, 0.4) is 0 Å². The van der Waals surface area contributed by atoms with Crippen molar-refractivity contribution in [2.45, 2.75) is 12.1 Å². The molecule has 1 fully saturated rings. The van der Waals surface area contributed by atoms with Gasteiger partial charge in [-0.15, -0.1) is 0 Å². The van der Waals surface area contributed by atoms with Gasteiger partial charge in [0.2, 0.25) is 5.67 Å². The lowest BCUT2D eigenvalue weighted by atomic mass is 10.0. The fourth-order valence-corrected chi connectivity index (χ4v) is 3.02. The van der Waals surface area contributed by atoms with Gasteiger partial charge in [-0.25, -0.2) is 14.4 Å². The van der Waals surface area contributed by atoms with Crippen molar-refractivity contribution in [3.63, 3.8) is 0 Å². The van der Waals surface area contributed by atoms with Crippen LogP contribution in [0, 0.1) is 0 Å². The fraction of sp³-hybridized carbons (Fsp3) is 0.312. The average molecular weight is 341 g/mol. The molecule has 0 spiro atoms. The van der Waals surface area contributed by atoms with E-state index < -0.39 is 11.6 Å². The molecule has 128 valence electrons. The highest BCUT2D eigenvalue weighted by Gasteiger charge is 2.46. The lowest BCUT2D eigenvalue weighted by Gasteiger charge is -2.21. The Labute approximate surface area is 142 Å². The SMILES string of the molecule is Cn1ncc2c(N3CCC(F)(C(=O)Nc4cccnc4)C3)ncnc21. The third-order valence-electron chi connectivity index (χ3n) is 4.35. The van der Waals surface area contributed by atoms with E-state index in [0.717, 1.165) is 5.39 Å². The Morgan fingerprint density at radius 3 is 3.04 bits per heavy atom. The van der Waals surface area contributed by atoms with Crippen molar-refractivity contribution in [2.24, 2.45) is 7.05 Å². The molecule has 1 atom stereocenters. The Morgan fingerprint density at radius 2 is 2.24 bits per heavy atom. The second kappa shape index (κ2) is 5.76. The lowest BCUT2D eigenvalue weighted by Crippen LogP contribution is -2.41. The molecule has 3 aromatic heterocycles. The van der Waals surface area contributed by atoms with Crippen molar-refractivity contribution in [1.82, 2.24) is 24.7 Å². The van der Waals surface area contributed by atoms with Crippen LogP contribution in [0.1, 0.15) is 6.42 Å². The zero-order valence-electron chi connectivity index (χ0n) is 13.6. The van der Waals surface area contributed by atoms with Crippen LogP contribution in [0.15, 0.2) is 37.1 Å². The van der Waals surface area contributed by atoms with E-state index >= 15 is 4.39 Å². The monoisotopic (exact) mass is 341 g/mol. The van der Waals surface area contributed by atoms with E-state index in [1.165, 1.54) is 12.5 Å². The maximum absolute atomic E-state index is 15.2. The summed E-state index contributed by atoms with van der Waals surface area (Å²) < 4.78 is 16.8. The number of carbonyl (C=O) groups is 1. The average Bonchev–Trinajstić information content (AvgIpc) is 3.20. The molecule has 9 heteroatoms. The van der Waals surface area contributed by atoms with Crippen LogP contribution in [0.5, 0.6) is 0 Å². The quantitative estimate of drug-likeness (QED) is 0.773. The molecule has 1 aliphatic rings. The van der Waals surface area contributed by atoms with Crippen LogP contribution in [-0.4, -0.2) is 49.4 Å².